The van der Waals surface area contributed by atoms with Crippen LogP contribution in [-0.4, -0.2) is 133 Å². The van der Waals surface area contributed by atoms with Gasteiger partial charge in [-0.05, 0) is 117 Å². The van der Waals surface area contributed by atoms with Gasteiger partial charge in [0, 0.05) is 82.1 Å². The second-order valence-corrected chi connectivity index (χ2v) is 32.4. The number of amides is 8. The third-order valence-corrected chi connectivity index (χ3v) is 20.0. The molecule has 0 radical (unpaired) electrons. The number of ether oxygens (including phenoxy) is 6. The lowest BCUT2D eigenvalue weighted by Crippen LogP contribution is -2.55. The molecule has 4 aliphatic heterocycles. The molecule has 26 heteroatoms. The van der Waals surface area contributed by atoms with E-state index in [0.29, 0.717) is 13.2 Å². The van der Waals surface area contributed by atoms with Crippen molar-refractivity contribution in [1.82, 2.24) is 31.1 Å². The van der Waals surface area contributed by atoms with E-state index < -0.39 is 154 Å². The van der Waals surface area contributed by atoms with Crippen LogP contribution in [0, 0.1) is 0 Å². The number of carbonyl (C=O) groups is 8. The Morgan fingerprint density at radius 1 is 0.382 bits per heavy atom. The van der Waals surface area contributed by atoms with Crippen LogP contribution in [0.15, 0.2) is 121 Å². The Labute approximate surface area is 630 Å². The Morgan fingerprint density at radius 3 is 0.827 bits per heavy atom. The van der Waals surface area contributed by atoms with Crippen LogP contribution in [0.3, 0.4) is 0 Å². The summed E-state index contributed by atoms with van der Waals surface area (Å²) in [5, 5.41) is 9.15. The number of benzene rings is 9. The zero-order valence-corrected chi connectivity index (χ0v) is 62.8. The van der Waals surface area contributed by atoms with E-state index >= 15 is 45.5 Å². The number of hydrogen-bond donors (Lipinski definition) is 4. The largest absolute Gasteiger partial charge is 0.457 e. The number of nitrogens with zero attached hydrogens (tertiary/aromatic N) is 2. The average Bonchev–Trinajstić information content (AvgIpc) is 0.888. The smallest absolute Gasteiger partial charge is 0.391 e. The summed E-state index contributed by atoms with van der Waals surface area (Å²) >= 11 is 0. The van der Waals surface area contributed by atoms with Gasteiger partial charge in [0.1, 0.15) is 58.1 Å². The van der Waals surface area contributed by atoms with Gasteiger partial charge in [0.25, 0.3) is 23.6 Å². The molecule has 4 atom stereocenters. The van der Waals surface area contributed by atoms with E-state index in [2.05, 4.69) is 21.3 Å². The van der Waals surface area contributed by atoms with Crippen LogP contribution in [0.1, 0.15) is 172 Å². The molecule has 20 nitrogen and oxygen atoms in total. The molecule has 4 heterocycles. The highest BCUT2D eigenvalue weighted by molar-refractivity contribution is 6.45. The highest BCUT2D eigenvalue weighted by Crippen LogP contribution is 2.59. The van der Waals surface area contributed by atoms with Crippen LogP contribution >= 0.6 is 0 Å². The first-order chi connectivity index (χ1) is 51.6. The van der Waals surface area contributed by atoms with Crippen molar-refractivity contribution in [3.05, 3.63) is 166 Å². The van der Waals surface area contributed by atoms with E-state index in [1.54, 1.807) is 97.1 Å². The molecule has 0 bridgehead atoms. The van der Waals surface area contributed by atoms with Crippen molar-refractivity contribution in [2.45, 2.75) is 167 Å². The third kappa shape index (κ3) is 16.2. The van der Waals surface area contributed by atoms with Gasteiger partial charge in [0.05, 0.1) is 60.5 Å². The monoisotopic (exact) mass is 1510 g/mol. The van der Waals surface area contributed by atoms with Crippen LogP contribution in [0.4, 0.5) is 26.3 Å². The molecule has 0 saturated carbocycles. The Balaban J connectivity index is 1.14. The molecule has 0 aromatic heterocycles. The molecular formula is C84H84F6N6O14. The van der Waals surface area contributed by atoms with E-state index in [1.807, 2.05) is 83.1 Å². The summed E-state index contributed by atoms with van der Waals surface area (Å²) < 4.78 is 130. The van der Waals surface area contributed by atoms with E-state index in [1.165, 1.54) is 24.3 Å². The van der Waals surface area contributed by atoms with Gasteiger partial charge in [-0.15, -0.1) is 0 Å². The summed E-state index contributed by atoms with van der Waals surface area (Å²) in [6.45, 7) is 23.9. The molecule has 4 N–H and O–H groups in total. The van der Waals surface area contributed by atoms with Crippen molar-refractivity contribution < 1.29 is 93.1 Å². The maximum atomic E-state index is 16.1. The minimum atomic E-state index is -5.22. The lowest BCUT2D eigenvalue weighted by molar-refractivity contribution is -0.153. The van der Waals surface area contributed by atoms with Crippen LogP contribution in [0.25, 0.3) is 43.1 Å². The molecule has 13 rings (SSSR count). The van der Waals surface area contributed by atoms with Crippen molar-refractivity contribution in [3.8, 4) is 46.0 Å². The third-order valence-electron chi connectivity index (χ3n) is 20.0. The Kier molecular flexibility index (Phi) is 20.3. The van der Waals surface area contributed by atoms with E-state index in [-0.39, 0.29) is 124 Å². The van der Waals surface area contributed by atoms with Crippen molar-refractivity contribution >= 4 is 90.3 Å². The number of rotatable bonds is 24. The molecule has 0 aliphatic carbocycles. The Bertz CT molecular complexity index is 4610. The van der Waals surface area contributed by atoms with E-state index in [4.69, 9.17) is 28.4 Å². The topological polar surface area (TPSA) is 253 Å². The molecule has 4 unspecified atom stereocenters. The van der Waals surface area contributed by atoms with Gasteiger partial charge in [-0.2, -0.15) is 26.3 Å². The number of alkyl halides is 6. The number of hydrogen-bond acceptors (Lipinski definition) is 14. The molecule has 576 valence electrons. The Morgan fingerprint density at radius 2 is 0.618 bits per heavy atom. The van der Waals surface area contributed by atoms with Gasteiger partial charge in [0.15, 0.2) is 0 Å². The van der Waals surface area contributed by atoms with Crippen molar-refractivity contribution in [2.75, 3.05) is 39.4 Å². The second kappa shape index (κ2) is 28.9. The van der Waals surface area contributed by atoms with Gasteiger partial charge < -0.3 is 49.7 Å². The second-order valence-electron chi connectivity index (χ2n) is 32.4. The Hall–Kier alpha value is -10.9. The quantitative estimate of drug-likeness (QED) is 0.0144. The van der Waals surface area contributed by atoms with Gasteiger partial charge in [-0.3, -0.25) is 48.2 Å². The van der Waals surface area contributed by atoms with Gasteiger partial charge in [-0.1, -0.05) is 132 Å². The van der Waals surface area contributed by atoms with Gasteiger partial charge >= 0.3 is 12.4 Å². The number of carbonyl (C=O) groups excluding carboxylic acids is 8. The number of halogens is 6. The fourth-order valence-electron chi connectivity index (χ4n) is 13.9. The molecule has 2 saturated heterocycles. The lowest BCUT2D eigenvalue weighted by atomic mass is 9.80. The average molecular weight is 1520 g/mol. The summed E-state index contributed by atoms with van der Waals surface area (Å²) in [6, 6.07) is 26.9. The van der Waals surface area contributed by atoms with E-state index in [9.17, 15) is 19.2 Å². The fourth-order valence-corrected chi connectivity index (χ4v) is 13.9. The number of epoxide rings is 2. The van der Waals surface area contributed by atoms with Gasteiger partial charge in [-0.25, -0.2) is 0 Å². The van der Waals surface area contributed by atoms with Crippen molar-refractivity contribution in [3.63, 3.8) is 0 Å². The molecular weight excluding hydrogens is 1430 g/mol. The maximum absolute atomic E-state index is 16.1. The molecule has 110 heavy (non-hydrogen) atoms. The summed E-state index contributed by atoms with van der Waals surface area (Å²) in [7, 11) is 0. The highest BCUT2D eigenvalue weighted by Gasteiger charge is 2.50. The maximum Gasteiger partial charge on any atom is 0.391 e. The van der Waals surface area contributed by atoms with Gasteiger partial charge in [0.2, 0.25) is 23.6 Å². The minimum absolute atomic E-state index is 0.0538. The summed E-state index contributed by atoms with van der Waals surface area (Å²) in [4.78, 5) is 120. The van der Waals surface area contributed by atoms with Crippen LogP contribution in [-0.2, 0) is 50.3 Å². The fraction of sp³-hybridized carbons (Fsp3) is 0.381. The SMILES string of the molecule is CC(C)(C)c1ccc(Oc2cc3c4c(cc(Oc5ccc(C(C)(C)C)cc5)c5c6c(Oc7ccc(C(C)(C)C)cc7)cc7c8c(cc(Oc9ccc(C(C)(C)C)cc9)c(c2c45)c86)C(=O)N(C(CC(F)(F)F)C(=O)NCCC(=O)NCC2CO2)C7=O)C(=O)N(C(CC(F)(F)F)C(=O)NCCC(=O)NCC2CO2)C3=O)cc1. The first-order valence-corrected chi connectivity index (χ1v) is 36.3. The minimum Gasteiger partial charge on any atom is -0.457 e. The lowest BCUT2D eigenvalue weighted by Gasteiger charge is -2.36. The highest BCUT2D eigenvalue weighted by atomic mass is 19.4. The zero-order valence-electron chi connectivity index (χ0n) is 62.8. The van der Waals surface area contributed by atoms with Crippen LogP contribution in [0.2, 0.25) is 0 Å². The molecule has 8 amide bonds. The number of nitrogens with one attached hydrogen (secondary N) is 4. The molecule has 2 fully saturated rings. The normalized spacial score (nSPS) is 16.5. The van der Waals surface area contributed by atoms with Crippen LogP contribution < -0.4 is 40.2 Å². The first-order valence-electron chi connectivity index (χ1n) is 36.3. The van der Waals surface area contributed by atoms with Crippen molar-refractivity contribution in [2.24, 2.45) is 0 Å². The summed E-state index contributed by atoms with van der Waals surface area (Å²) in [5.41, 5.74) is -0.159. The molecule has 0 spiro atoms. The predicted octanol–water partition coefficient (Wildman–Crippen LogP) is 16.0. The summed E-state index contributed by atoms with van der Waals surface area (Å²) in [5.74, 6) is -10.3. The zero-order chi connectivity index (χ0) is 79.2. The standard InChI is InChI=1S/C84H84F6N6O14/c1-79(2,3)43-13-21-47(22-14-43)107-59-33-53-65-54(76(102)95(75(53)101)57(37-83(85,86)87)73(99)91-31-29-63(97)93-39-51-41-105-51)35-61(109-49-25-17-45(18-26-49)81(7,8)9)69-70-62(110-50-27-19-46(20-28-50)82(10,11)12)36-56-66-55(34-60(68(72(66)70)67(59)71(65)69)108-48-23-15-44(16-24-48)80(4,5)6)77(103)96(78(56)104)58(38-84(88,89)90)74(100)92-32-30-64(98)94-40-52-42-106-52/h13-28,33-36,51-52,57-58H,29-32,37-42H2,1-12H3,(H,91,99)(H,92,100)(H,93,97)(H,94,98). The summed E-state index contributed by atoms with van der Waals surface area (Å²) in [6.07, 6.45) is -15.8. The van der Waals surface area contributed by atoms with Crippen LogP contribution in [0.5, 0.6) is 46.0 Å². The predicted molar refractivity (Wildman–Crippen MR) is 399 cm³/mol. The number of fused-ring (bicyclic) bond motifs is 2. The first kappa shape index (κ1) is 77.3. The van der Waals surface area contributed by atoms with E-state index in [0.717, 1.165) is 22.3 Å². The molecule has 9 aromatic rings. The van der Waals surface area contributed by atoms with Crippen molar-refractivity contribution in [1.29, 1.82) is 0 Å². The molecule has 9 aromatic carbocycles. The molecule has 4 aliphatic rings. The number of imide groups is 2.